The minimum Gasteiger partial charge on any atom is -0.824 e. The van der Waals surface area contributed by atoms with Gasteiger partial charge in [-0.15, -0.1) is 0 Å². The van der Waals surface area contributed by atoms with Gasteiger partial charge in [0.25, 0.3) is 0 Å². The van der Waals surface area contributed by atoms with Crippen molar-refractivity contribution < 1.29 is 49.7 Å². The van der Waals surface area contributed by atoms with E-state index in [2.05, 4.69) is 48.6 Å². The van der Waals surface area contributed by atoms with Crippen LogP contribution >= 0.6 is 0 Å². The first-order chi connectivity index (χ1) is 20.1. The number of hydrogen-bond donors (Lipinski definition) is 0. The third-order valence-corrected chi connectivity index (χ3v) is 6.07. The second-order valence-corrected chi connectivity index (χ2v) is 9.49. The zero-order chi connectivity index (χ0) is 29.4. The molecule has 0 aromatic heterocycles. The van der Waals surface area contributed by atoms with Crippen LogP contribution in [0.4, 0.5) is 0 Å². The summed E-state index contributed by atoms with van der Waals surface area (Å²) in [7, 11) is 0. The molecule has 0 spiro atoms. The summed E-state index contributed by atoms with van der Waals surface area (Å²) in [5.41, 5.74) is 15.2. The van der Waals surface area contributed by atoms with Gasteiger partial charge >= 0.3 is 0 Å². The second-order valence-electron chi connectivity index (χ2n) is 9.49. The Kier molecular flexibility index (Phi) is 32.4. The SMILES string of the molecule is [C-]1=CCC/C=C\CC1.[C-]1=CCC/C=C\CC1.[CH3-].[CH3-].[Ir].[Ir].[N-]=C([NH-])c1ccc(OCCCCCOc2ccc(C(=[N-])[NH-])cc2)cc1. The van der Waals surface area contributed by atoms with Crippen LogP contribution in [0.5, 0.6) is 11.5 Å². The van der Waals surface area contributed by atoms with Crippen molar-refractivity contribution in [3.05, 3.63) is 145 Å². The maximum Gasteiger partial charge on any atom is 0.119 e. The van der Waals surface area contributed by atoms with Crippen LogP contribution in [0.2, 0.25) is 0 Å². The van der Waals surface area contributed by atoms with Crippen LogP contribution in [0.1, 0.15) is 81.8 Å². The van der Waals surface area contributed by atoms with Crippen molar-refractivity contribution >= 4 is 11.7 Å². The summed E-state index contributed by atoms with van der Waals surface area (Å²) < 4.78 is 11.2. The quantitative estimate of drug-likeness (QED) is 0.0777. The Morgan fingerprint density at radius 3 is 1.27 bits per heavy atom. The largest absolute Gasteiger partial charge is 0.824 e. The van der Waals surface area contributed by atoms with Crippen LogP contribution in [-0.4, -0.2) is 24.9 Å². The van der Waals surface area contributed by atoms with Gasteiger partial charge in [0.15, 0.2) is 0 Å². The molecule has 0 unspecified atom stereocenters. The van der Waals surface area contributed by atoms with E-state index in [-0.39, 0.29) is 55.1 Å². The number of nitrogens with one attached hydrogen (secondary N) is 2. The van der Waals surface area contributed by atoms with Gasteiger partial charge < -0.3 is 58.8 Å². The number of nitrogens with zero attached hydrogens (tertiary/aromatic N) is 2. The molecule has 2 N–H and O–H groups in total. The van der Waals surface area contributed by atoms with Gasteiger partial charge in [-0.2, -0.15) is 12.8 Å². The molecule has 8 heteroatoms. The van der Waals surface area contributed by atoms with Gasteiger partial charge in [0, 0.05) is 40.2 Å². The molecule has 0 amide bonds. The molecule has 6 nitrogen and oxygen atoms in total. The molecule has 0 heterocycles. The number of ether oxygens (including phenoxy) is 2. The number of allylic oxidation sites excluding steroid dienone is 8. The van der Waals surface area contributed by atoms with E-state index in [4.69, 9.17) is 31.8 Å². The van der Waals surface area contributed by atoms with E-state index in [1.807, 2.05) is 0 Å². The van der Waals surface area contributed by atoms with Crippen molar-refractivity contribution in [1.29, 1.82) is 0 Å². The molecule has 2 aromatic carbocycles. The normalized spacial score (nSPS) is 14.2. The predicted molar refractivity (Wildman–Crippen MR) is 185 cm³/mol. The van der Waals surface area contributed by atoms with Gasteiger partial charge in [-0.3, -0.25) is 23.8 Å². The summed E-state index contributed by atoms with van der Waals surface area (Å²) in [4.78, 5) is 0. The Hall–Kier alpha value is -2.76. The molecule has 0 aliphatic heterocycles. The average molecular weight is 965 g/mol. The molecule has 0 atom stereocenters. The Balaban J connectivity index is -0.000000728. The Morgan fingerprint density at radius 1 is 0.556 bits per heavy atom. The zero-order valence-electron chi connectivity index (χ0n) is 26.7. The van der Waals surface area contributed by atoms with Gasteiger partial charge in [0.05, 0.1) is 13.2 Å². The van der Waals surface area contributed by atoms with Crippen molar-refractivity contribution in [2.75, 3.05) is 13.2 Å². The smallest absolute Gasteiger partial charge is 0.119 e. The standard InChI is InChI=1S/C19H20N4O2.2C8H11.2CH3.2Ir/c20-18(21)14-4-8-16(9-5-14)24-12-2-1-3-13-25-17-10-6-15(7-11-17)19(22)23;2*1-2-4-6-8-7-5-3-1;;;;/h4-11H,1-3,12-13H2,(H2-4,20,21,22,23);2*1-2,7H,3-6H2;2*1H3;;/q-4;4*-1;;/b;2*2-1-;;;;. The van der Waals surface area contributed by atoms with Crippen LogP contribution in [0.3, 0.4) is 0 Å². The minimum absolute atomic E-state index is 0. The maximum atomic E-state index is 9.04. The van der Waals surface area contributed by atoms with Crippen LogP contribution in [-0.2, 0) is 40.2 Å². The van der Waals surface area contributed by atoms with Gasteiger partial charge in [-0.1, -0.05) is 85.4 Å². The number of rotatable bonds is 10. The topological polar surface area (TPSA) is 111 Å². The molecule has 0 fully saturated rings. The number of amidine groups is 2. The fourth-order valence-electron chi connectivity index (χ4n) is 3.75. The van der Waals surface area contributed by atoms with Gasteiger partial charge in [0.1, 0.15) is 11.5 Å². The van der Waals surface area contributed by atoms with E-state index in [1.54, 1.807) is 48.5 Å². The molecular formula is C37H48Ir2N4O2-8. The van der Waals surface area contributed by atoms with Crippen molar-refractivity contribution in [1.82, 2.24) is 0 Å². The molecule has 0 saturated carbocycles. The second kappa shape index (κ2) is 31.2. The summed E-state index contributed by atoms with van der Waals surface area (Å²) in [5, 5.41) is 18.1. The van der Waals surface area contributed by atoms with E-state index in [9.17, 15) is 0 Å². The minimum atomic E-state index is -0.448. The molecule has 45 heavy (non-hydrogen) atoms. The molecule has 2 aliphatic carbocycles. The van der Waals surface area contributed by atoms with Crippen LogP contribution in [0.15, 0.2) is 85.0 Å². The maximum absolute atomic E-state index is 9.04. The first-order valence-electron chi connectivity index (χ1n) is 14.5. The van der Waals surface area contributed by atoms with Gasteiger partial charge in [-0.25, -0.2) is 0 Å². The summed E-state index contributed by atoms with van der Waals surface area (Å²) in [6.45, 7) is 1.20. The van der Waals surface area contributed by atoms with Crippen LogP contribution in [0.25, 0.3) is 22.3 Å². The molecule has 2 aromatic rings. The molecule has 0 bridgehead atoms. The summed E-state index contributed by atoms with van der Waals surface area (Å²) in [5.74, 6) is 0.540. The fraction of sp³-hybridized carbons (Fsp3) is 0.351. The fourth-order valence-corrected chi connectivity index (χ4v) is 3.75. The van der Waals surface area contributed by atoms with E-state index < -0.39 is 11.7 Å². The Labute approximate surface area is 300 Å². The number of hydrogen-bond acceptors (Lipinski definition) is 2. The van der Waals surface area contributed by atoms with E-state index in [1.165, 1.54) is 38.5 Å². The summed E-state index contributed by atoms with van der Waals surface area (Å²) in [6, 6.07) is 13.5. The van der Waals surface area contributed by atoms with Crippen LogP contribution in [0, 0.1) is 27.0 Å². The van der Waals surface area contributed by atoms with Gasteiger partial charge in [-0.05, 0) is 56.4 Å². The Bertz CT molecular complexity index is 987. The predicted octanol–water partition coefficient (Wildman–Crippen LogP) is 10.9. The first-order valence-corrected chi connectivity index (χ1v) is 14.5. The van der Waals surface area contributed by atoms with Crippen molar-refractivity contribution in [2.24, 2.45) is 0 Å². The third-order valence-electron chi connectivity index (χ3n) is 6.07. The monoisotopic (exact) mass is 966 g/mol. The molecule has 2 aliphatic rings. The van der Waals surface area contributed by atoms with E-state index in [0.29, 0.717) is 24.3 Å². The first kappa shape index (κ1) is 46.7. The summed E-state index contributed by atoms with van der Waals surface area (Å²) in [6.07, 6.45) is 31.8. The molecule has 4 rings (SSSR count). The molecule has 0 saturated heterocycles. The average Bonchev–Trinajstić information content (AvgIpc) is 2.93. The van der Waals surface area contributed by atoms with E-state index in [0.717, 1.165) is 43.6 Å². The third kappa shape index (κ3) is 24.2. The van der Waals surface area contributed by atoms with Gasteiger partial charge in [0.2, 0.25) is 0 Å². The van der Waals surface area contributed by atoms with Crippen molar-refractivity contribution in [3.63, 3.8) is 0 Å². The molecule has 254 valence electrons. The van der Waals surface area contributed by atoms with E-state index >= 15 is 0 Å². The van der Waals surface area contributed by atoms with Crippen LogP contribution < -0.4 is 9.47 Å². The summed E-state index contributed by atoms with van der Waals surface area (Å²) >= 11 is 0. The molecule has 2 radical (unpaired) electrons. The van der Waals surface area contributed by atoms with Crippen molar-refractivity contribution in [3.8, 4) is 11.5 Å². The zero-order valence-corrected chi connectivity index (χ0v) is 31.4. The number of benzene rings is 2. The number of unbranched alkanes of at least 4 members (excludes halogenated alkanes) is 2. The molecular weight excluding hydrogens is 917 g/mol. The Morgan fingerprint density at radius 2 is 0.911 bits per heavy atom. The van der Waals surface area contributed by atoms with Crippen molar-refractivity contribution in [2.45, 2.75) is 70.6 Å².